The van der Waals surface area contributed by atoms with Crippen molar-refractivity contribution in [1.29, 1.82) is 0 Å². The molecule has 5 rings (SSSR count). The Balaban J connectivity index is 1.98. The summed E-state index contributed by atoms with van der Waals surface area (Å²) in [6.07, 6.45) is 0.735. The Morgan fingerprint density at radius 3 is 2.64 bits per heavy atom. The number of benzene rings is 1. The van der Waals surface area contributed by atoms with Crippen molar-refractivity contribution in [1.82, 2.24) is 9.88 Å². The van der Waals surface area contributed by atoms with E-state index in [9.17, 15) is 14.7 Å². The minimum Gasteiger partial charge on any atom is -0.465 e. The van der Waals surface area contributed by atoms with Crippen LogP contribution in [0.5, 0.6) is 0 Å². The first-order valence-electron chi connectivity index (χ1n) is 10.5. The number of amides is 2. The lowest BCUT2D eigenvalue weighted by molar-refractivity contribution is 0.0518. The molecular weight excluding hydrogens is 515 g/mol. The Kier molecular flexibility index (Phi) is 5.93. The number of aromatic nitrogens is 1. The Hall–Kier alpha value is -2.27. The second-order valence-corrected chi connectivity index (χ2v) is 11.0. The number of hydrogen-bond acceptors (Lipinski definition) is 6. The number of nitrogen functional groups attached to an aromatic ring is 1. The quantitative estimate of drug-likeness (QED) is 0.512. The summed E-state index contributed by atoms with van der Waals surface area (Å²) in [5.41, 5.74) is 6.96. The summed E-state index contributed by atoms with van der Waals surface area (Å²) in [5, 5.41) is 10.4. The summed E-state index contributed by atoms with van der Waals surface area (Å²) < 4.78 is 21.3. The van der Waals surface area contributed by atoms with Gasteiger partial charge in [-0.3, -0.25) is 4.90 Å². The number of aryl methyl sites for hydroxylation is 1. The van der Waals surface area contributed by atoms with Gasteiger partial charge >= 0.3 is 12.2 Å². The van der Waals surface area contributed by atoms with E-state index >= 15 is 4.39 Å². The van der Waals surface area contributed by atoms with Gasteiger partial charge in [0.25, 0.3) is 0 Å². The fourth-order valence-electron chi connectivity index (χ4n) is 4.72. The highest BCUT2D eigenvalue weighted by molar-refractivity contribution is 9.10. The molecule has 3 atom stereocenters. The molecule has 2 saturated heterocycles. The van der Waals surface area contributed by atoms with Gasteiger partial charge in [0.1, 0.15) is 16.1 Å². The number of rotatable bonds is 3. The van der Waals surface area contributed by atoms with E-state index in [1.54, 1.807) is 40.0 Å². The van der Waals surface area contributed by atoms with E-state index in [-0.39, 0.29) is 27.6 Å². The van der Waals surface area contributed by atoms with Gasteiger partial charge in [-0.25, -0.2) is 19.0 Å². The Labute approximate surface area is 203 Å². The molecule has 3 N–H and O–H groups in total. The maximum atomic E-state index is 15.3. The smallest absolute Gasteiger partial charge is 0.415 e. The number of anilines is 2. The number of fused-ring (bicyclic) bond motifs is 2. The van der Waals surface area contributed by atoms with E-state index in [1.807, 2.05) is 0 Å². The van der Waals surface area contributed by atoms with Gasteiger partial charge in [0.15, 0.2) is 5.82 Å². The van der Waals surface area contributed by atoms with Crippen LogP contribution in [0.4, 0.5) is 25.4 Å². The molecule has 3 aliphatic rings. The van der Waals surface area contributed by atoms with Crippen molar-refractivity contribution in [3.05, 3.63) is 21.9 Å². The van der Waals surface area contributed by atoms with Crippen molar-refractivity contribution in [2.75, 3.05) is 23.4 Å². The molecule has 8 nitrogen and oxygen atoms in total. The Morgan fingerprint density at radius 1 is 1.42 bits per heavy atom. The highest BCUT2D eigenvalue weighted by Gasteiger charge is 2.58. The predicted molar refractivity (Wildman–Crippen MR) is 129 cm³/mol. The van der Waals surface area contributed by atoms with Gasteiger partial charge in [-0.15, -0.1) is 11.8 Å². The van der Waals surface area contributed by atoms with Gasteiger partial charge in [-0.1, -0.05) is 0 Å². The molecular formula is C22H26BrFN4O4S. The number of thioether (sulfide) groups is 1. The van der Waals surface area contributed by atoms with Crippen LogP contribution < -0.4 is 10.6 Å². The monoisotopic (exact) mass is 540 g/mol. The number of carboxylic acid groups (broad SMARTS) is 1. The molecule has 178 valence electrons. The van der Waals surface area contributed by atoms with Crippen LogP contribution in [0.3, 0.4) is 0 Å². The molecule has 0 radical (unpaired) electrons. The van der Waals surface area contributed by atoms with Crippen molar-refractivity contribution in [2.45, 2.75) is 56.8 Å². The number of ether oxygens (including phenoxy) is 1. The maximum Gasteiger partial charge on any atom is 0.415 e. The molecule has 3 fully saturated rings. The molecule has 2 aromatic rings. The van der Waals surface area contributed by atoms with E-state index in [0.29, 0.717) is 34.6 Å². The third-order valence-corrected chi connectivity index (χ3v) is 7.81. The number of hydrogen-bond donors (Lipinski definition) is 2. The summed E-state index contributed by atoms with van der Waals surface area (Å²) in [7, 11) is 0. The standard InChI is InChI=1S/C22H26BrFN4O4S/c1-9-6-11-16(14(24)13(9)23)26-19(33-5)15(25)18(11)28(21(31)32-22(2,3)4)17-10-7-12(17)27(8-10)20(29)30/h6,10,12,17H,7-8,25H2,1-5H3,(H,29,30)/t10-,12-,17+/m1/s1. The fraction of sp³-hybridized carbons (Fsp3) is 0.500. The van der Waals surface area contributed by atoms with Crippen LogP contribution in [0.2, 0.25) is 0 Å². The van der Waals surface area contributed by atoms with Crippen LogP contribution in [0.1, 0.15) is 32.8 Å². The summed E-state index contributed by atoms with van der Waals surface area (Å²) in [6.45, 7) is 7.33. The molecule has 0 spiro atoms. The molecule has 1 aromatic carbocycles. The molecule has 1 saturated carbocycles. The largest absolute Gasteiger partial charge is 0.465 e. The van der Waals surface area contributed by atoms with Crippen LogP contribution in [-0.2, 0) is 4.74 Å². The number of nitrogens with zero attached hydrogens (tertiary/aromatic N) is 3. The van der Waals surface area contributed by atoms with Gasteiger partial charge in [0.2, 0.25) is 0 Å². The zero-order chi connectivity index (χ0) is 24.4. The molecule has 3 heterocycles. The topological polar surface area (TPSA) is 109 Å². The summed E-state index contributed by atoms with van der Waals surface area (Å²) in [4.78, 5) is 32.5. The van der Waals surface area contributed by atoms with Crippen molar-refractivity contribution in [3.63, 3.8) is 0 Å². The lowest BCUT2D eigenvalue weighted by Gasteiger charge is -2.44. The SMILES string of the molecule is CSc1nc2c(F)c(Br)c(C)cc2c(N(C(=O)OC(C)(C)C)[C@H]2[C@@H]3C[C@H]2N(C(=O)O)C3)c1N. The molecule has 2 bridgehead atoms. The van der Waals surface area contributed by atoms with E-state index < -0.39 is 29.6 Å². The minimum absolute atomic E-state index is 0.0691. The first-order chi connectivity index (χ1) is 15.4. The lowest BCUT2D eigenvalue weighted by Crippen LogP contribution is -2.58. The minimum atomic E-state index is -1.03. The Bertz CT molecular complexity index is 1170. The number of carbonyl (C=O) groups is 2. The number of halogens is 2. The van der Waals surface area contributed by atoms with Crippen molar-refractivity contribution in [2.24, 2.45) is 5.92 Å². The van der Waals surface area contributed by atoms with E-state index in [0.717, 1.165) is 0 Å². The van der Waals surface area contributed by atoms with Gasteiger partial charge in [0, 0.05) is 17.8 Å². The average Bonchev–Trinajstić information content (AvgIpc) is 3.30. The zero-order valence-corrected chi connectivity index (χ0v) is 21.4. The zero-order valence-electron chi connectivity index (χ0n) is 19.0. The third-order valence-electron chi connectivity index (χ3n) is 6.14. The first-order valence-corrected chi connectivity index (χ1v) is 12.5. The van der Waals surface area contributed by atoms with Crippen molar-refractivity contribution < 1.29 is 23.8 Å². The van der Waals surface area contributed by atoms with Gasteiger partial charge in [-0.05, 0) is 67.9 Å². The molecule has 2 aliphatic heterocycles. The predicted octanol–water partition coefficient (Wildman–Crippen LogP) is 5.24. The fourth-order valence-corrected chi connectivity index (χ4v) is 5.52. The van der Waals surface area contributed by atoms with Gasteiger partial charge < -0.3 is 20.5 Å². The van der Waals surface area contributed by atoms with Gasteiger partial charge in [-0.2, -0.15) is 0 Å². The van der Waals surface area contributed by atoms with Crippen LogP contribution >= 0.6 is 27.7 Å². The van der Waals surface area contributed by atoms with Crippen molar-refractivity contribution >= 4 is 62.2 Å². The normalized spacial score (nSPS) is 21.8. The first kappa shape index (κ1) is 23.9. The molecule has 11 heteroatoms. The summed E-state index contributed by atoms with van der Waals surface area (Å²) >= 11 is 4.52. The Morgan fingerprint density at radius 2 is 2.09 bits per heavy atom. The van der Waals surface area contributed by atoms with Crippen LogP contribution in [0.25, 0.3) is 10.9 Å². The van der Waals surface area contributed by atoms with Crippen molar-refractivity contribution in [3.8, 4) is 0 Å². The summed E-state index contributed by atoms with van der Waals surface area (Å²) in [5.74, 6) is -0.616. The number of pyridine rings is 1. The van der Waals surface area contributed by atoms with Gasteiger partial charge in [0.05, 0.1) is 27.9 Å². The molecule has 1 aliphatic carbocycles. The van der Waals surface area contributed by atoms with E-state index in [4.69, 9.17) is 10.5 Å². The lowest BCUT2D eigenvalue weighted by atomic mass is 9.78. The number of carbonyl (C=O) groups excluding carboxylic acids is 1. The maximum absolute atomic E-state index is 15.3. The second-order valence-electron chi connectivity index (χ2n) is 9.44. The van der Waals surface area contributed by atoms with E-state index in [2.05, 4.69) is 20.9 Å². The van der Waals surface area contributed by atoms with Crippen LogP contribution in [0, 0.1) is 18.7 Å². The average molecular weight is 541 g/mol. The summed E-state index contributed by atoms with van der Waals surface area (Å²) in [6, 6.07) is 0.880. The second kappa shape index (κ2) is 8.19. The molecule has 0 unspecified atom stereocenters. The third kappa shape index (κ3) is 3.88. The highest BCUT2D eigenvalue weighted by Crippen LogP contribution is 2.50. The van der Waals surface area contributed by atoms with Crippen LogP contribution in [0.15, 0.2) is 15.6 Å². The molecule has 1 aromatic heterocycles. The number of nitrogens with two attached hydrogens (primary N) is 1. The van der Waals surface area contributed by atoms with E-state index in [1.165, 1.54) is 21.6 Å². The molecule has 2 amide bonds. The van der Waals surface area contributed by atoms with Crippen LogP contribution in [-0.4, -0.2) is 57.7 Å². The molecule has 33 heavy (non-hydrogen) atoms. The highest BCUT2D eigenvalue weighted by atomic mass is 79.9.